The zero-order valence-electron chi connectivity index (χ0n) is 9.39. The Kier molecular flexibility index (Phi) is 5.95. The Morgan fingerprint density at radius 3 is 2.65 bits per heavy atom. The molecule has 0 fully saturated rings. The van der Waals surface area contributed by atoms with Gasteiger partial charge in [0.05, 0.1) is 4.83 Å². The number of alkyl halides is 4. The maximum Gasteiger partial charge on any atom is 0.411 e. The van der Waals surface area contributed by atoms with Crippen LogP contribution in [-0.4, -0.2) is 19.4 Å². The van der Waals surface area contributed by atoms with Gasteiger partial charge in [0.2, 0.25) is 0 Å². The van der Waals surface area contributed by atoms with Crippen molar-refractivity contribution in [3.8, 4) is 0 Å². The van der Waals surface area contributed by atoms with E-state index < -0.39 is 12.8 Å². The average molecular weight is 331 g/mol. The summed E-state index contributed by atoms with van der Waals surface area (Å²) in [5, 5.41) is 0. The summed E-state index contributed by atoms with van der Waals surface area (Å²) >= 11 is 5.14. The zero-order chi connectivity index (χ0) is 12.9. The van der Waals surface area contributed by atoms with Crippen LogP contribution in [0.4, 0.5) is 13.2 Å². The number of hydrogen-bond acceptors (Lipinski definition) is 2. The van der Waals surface area contributed by atoms with E-state index in [0.29, 0.717) is 6.42 Å². The minimum absolute atomic E-state index is 0.0704. The third kappa shape index (κ3) is 5.88. The Hall–Kier alpha value is -0.0700. The number of rotatable bonds is 6. The van der Waals surface area contributed by atoms with E-state index in [1.165, 1.54) is 4.88 Å². The molecular formula is C11H14BrF3OS. The fraction of sp³-hybridized carbons (Fsp3) is 0.636. The Morgan fingerprint density at radius 2 is 2.12 bits per heavy atom. The first-order valence-electron chi connectivity index (χ1n) is 5.29. The molecule has 0 amide bonds. The van der Waals surface area contributed by atoms with Gasteiger partial charge in [0.15, 0.2) is 0 Å². The first-order chi connectivity index (χ1) is 7.92. The second-order valence-electron chi connectivity index (χ2n) is 3.58. The van der Waals surface area contributed by atoms with E-state index in [4.69, 9.17) is 0 Å². The van der Waals surface area contributed by atoms with Gasteiger partial charge >= 0.3 is 6.18 Å². The van der Waals surface area contributed by atoms with Gasteiger partial charge < -0.3 is 4.74 Å². The molecule has 1 unspecified atom stereocenters. The van der Waals surface area contributed by atoms with Crippen molar-refractivity contribution in [1.82, 2.24) is 0 Å². The van der Waals surface area contributed by atoms with Gasteiger partial charge in [-0.2, -0.15) is 13.2 Å². The van der Waals surface area contributed by atoms with Gasteiger partial charge in [0.25, 0.3) is 0 Å². The monoisotopic (exact) mass is 330 g/mol. The van der Waals surface area contributed by atoms with Crippen molar-refractivity contribution in [2.45, 2.75) is 30.8 Å². The molecule has 0 aliphatic heterocycles. The van der Waals surface area contributed by atoms with Crippen molar-refractivity contribution < 1.29 is 17.9 Å². The third-order valence-corrected chi connectivity index (χ3v) is 4.72. The maximum atomic E-state index is 11.8. The summed E-state index contributed by atoms with van der Waals surface area (Å²) in [4.78, 5) is 2.49. The first-order valence-corrected chi connectivity index (χ1v) is 7.02. The standard InChI is InChI=1S/C11H14BrF3OS/c1-2-8-3-4-10(17-8)9(12)5-6-16-7-11(13,14)15/h3-4,9H,2,5-7H2,1H3. The van der Waals surface area contributed by atoms with Crippen molar-refractivity contribution in [3.05, 3.63) is 21.9 Å². The molecule has 0 bridgehead atoms. The number of aryl methyl sites for hydroxylation is 1. The summed E-state index contributed by atoms with van der Waals surface area (Å²) in [6.07, 6.45) is -2.71. The molecule has 0 N–H and O–H groups in total. The maximum absolute atomic E-state index is 11.8. The van der Waals surface area contributed by atoms with E-state index in [9.17, 15) is 13.2 Å². The third-order valence-electron chi connectivity index (χ3n) is 2.12. The summed E-state index contributed by atoms with van der Waals surface area (Å²) in [7, 11) is 0. The van der Waals surface area contributed by atoms with E-state index in [1.54, 1.807) is 11.3 Å². The molecular weight excluding hydrogens is 317 g/mol. The largest absolute Gasteiger partial charge is 0.411 e. The molecule has 0 saturated carbocycles. The van der Waals surface area contributed by atoms with Crippen molar-refractivity contribution in [1.29, 1.82) is 0 Å². The van der Waals surface area contributed by atoms with Crippen molar-refractivity contribution >= 4 is 27.3 Å². The highest BCUT2D eigenvalue weighted by Crippen LogP contribution is 2.32. The quantitative estimate of drug-likeness (QED) is 0.542. The zero-order valence-corrected chi connectivity index (χ0v) is 11.8. The van der Waals surface area contributed by atoms with Crippen molar-refractivity contribution in [2.75, 3.05) is 13.2 Å². The lowest BCUT2D eigenvalue weighted by Crippen LogP contribution is -2.17. The van der Waals surface area contributed by atoms with E-state index in [2.05, 4.69) is 27.6 Å². The summed E-state index contributed by atoms with van der Waals surface area (Å²) in [5.74, 6) is 0. The number of hydrogen-bond donors (Lipinski definition) is 0. The highest BCUT2D eigenvalue weighted by Gasteiger charge is 2.27. The van der Waals surface area contributed by atoms with E-state index in [-0.39, 0.29) is 11.4 Å². The highest BCUT2D eigenvalue weighted by atomic mass is 79.9. The van der Waals surface area contributed by atoms with Gasteiger partial charge in [-0.3, -0.25) is 0 Å². The Morgan fingerprint density at radius 1 is 1.41 bits per heavy atom. The molecule has 1 rings (SSSR count). The Balaban J connectivity index is 2.27. The van der Waals surface area contributed by atoms with Gasteiger partial charge in [0.1, 0.15) is 6.61 Å². The van der Waals surface area contributed by atoms with Crippen LogP contribution in [0.2, 0.25) is 0 Å². The molecule has 1 atom stereocenters. The lowest BCUT2D eigenvalue weighted by atomic mass is 10.2. The van der Waals surface area contributed by atoms with E-state index in [1.807, 2.05) is 12.1 Å². The summed E-state index contributed by atoms with van der Waals surface area (Å²) < 4.78 is 40.0. The van der Waals surface area contributed by atoms with Crippen LogP contribution in [0.3, 0.4) is 0 Å². The van der Waals surface area contributed by atoms with Crippen LogP contribution in [-0.2, 0) is 11.2 Å². The van der Waals surface area contributed by atoms with Crippen molar-refractivity contribution in [3.63, 3.8) is 0 Å². The SMILES string of the molecule is CCc1ccc(C(Br)CCOCC(F)(F)F)s1. The van der Waals surface area contributed by atoms with Gasteiger partial charge in [0, 0.05) is 16.4 Å². The normalized spacial score (nSPS) is 13.9. The van der Waals surface area contributed by atoms with Crippen LogP contribution >= 0.6 is 27.3 Å². The topological polar surface area (TPSA) is 9.23 Å². The molecule has 0 radical (unpaired) electrons. The Bertz CT molecular complexity index is 338. The van der Waals surface area contributed by atoms with E-state index >= 15 is 0 Å². The molecule has 1 aromatic rings. The van der Waals surface area contributed by atoms with Crippen molar-refractivity contribution in [2.24, 2.45) is 0 Å². The molecule has 0 aromatic carbocycles. The first kappa shape index (κ1) is 15.0. The smallest absolute Gasteiger partial charge is 0.372 e. The molecule has 1 nitrogen and oxygen atoms in total. The molecule has 6 heteroatoms. The fourth-order valence-corrected chi connectivity index (χ4v) is 2.85. The summed E-state index contributed by atoms with van der Waals surface area (Å²) in [6, 6.07) is 4.05. The second-order valence-corrected chi connectivity index (χ2v) is 5.89. The van der Waals surface area contributed by atoms with Crippen LogP contribution in [0, 0.1) is 0 Å². The van der Waals surface area contributed by atoms with Crippen LogP contribution in [0.15, 0.2) is 12.1 Å². The minimum Gasteiger partial charge on any atom is -0.372 e. The molecule has 17 heavy (non-hydrogen) atoms. The van der Waals surface area contributed by atoms with Crippen LogP contribution in [0.5, 0.6) is 0 Å². The Labute approximate surface area is 111 Å². The molecule has 0 aliphatic carbocycles. The van der Waals surface area contributed by atoms with Gasteiger partial charge in [-0.15, -0.1) is 11.3 Å². The average Bonchev–Trinajstić information content (AvgIpc) is 2.71. The van der Waals surface area contributed by atoms with Crippen LogP contribution in [0.25, 0.3) is 0 Å². The minimum atomic E-state index is -4.24. The van der Waals surface area contributed by atoms with Crippen LogP contribution in [0.1, 0.15) is 27.9 Å². The second kappa shape index (κ2) is 6.75. The summed E-state index contributed by atoms with van der Waals surface area (Å²) in [5.41, 5.74) is 0. The highest BCUT2D eigenvalue weighted by molar-refractivity contribution is 9.09. The molecule has 1 heterocycles. The molecule has 0 aliphatic rings. The predicted molar refractivity (Wildman–Crippen MR) is 66.9 cm³/mol. The predicted octanol–water partition coefficient (Wildman–Crippen LogP) is 4.72. The molecule has 0 saturated heterocycles. The van der Waals surface area contributed by atoms with Gasteiger partial charge in [-0.25, -0.2) is 0 Å². The number of ether oxygens (including phenoxy) is 1. The van der Waals surface area contributed by atoms with Gasteiger partial charge in [-0.1, -0.05) is 22.9 Å². The molecule has 0 spiro atoms. The molecule has 98 valence electrons. The number of thiophene rings is 1. The van der Waals surface area contributed by atoms with Crippen LogP contribution < -0.4 is 0 Å². The molecule has 1 aromatic heterocycles. The van der Waals surface area contributed by atoms with Gasteiger partial charge in [-0.05, 0) is 25.0 Å². The lowest BCUT2D eigenvalue weighted by Gasteiger charge is -2.10. The summed E-state index contributed by atoms with van der Waals surface area (Å²) in [6.45, 7) is 1.01. The van der Waals surface area contributed by atoms with E-state index in [0.717, 1.165) is 11.3 Å². The fourth-order valence-electron chi connectivity index (χ4n) is 1.27. The number of halogens is 4. The lowest BCUT2D eigenvalue weighted by molar-refractivity contribution is -0.174.